The number of nitrogen functional groups attached to an aromatic ring is 2. The van der Waals surface area contributed by atoms with Gasteiger partial charge in [0.15, 0.2) is 24.1 Å². The molecule has 13 nitrogen and oxygen atoms in total. The molecule has 4 rings (SSSR count). The van der Waals surface area contributed by atoms with E-state index >= 15 is 0 Å². The minimum atomic E-state index is -1.22. The first-order valence-corrected chi connectivity index (χ1v) is 11.3. The van der Waals surface area contributed by atoms with Crippen LogP contribution in [0.1, 0.15) is 5.82 Å². The van der Waals surface area contributed by atoms with Crippen molar-refractivity contribution in [2.75, 3.05) is 24.3 Å². The number of carboxylic acids is 1. The van der Waals surface area contributed by atoms with Gasteiger partial charge in [-0.05, 0) is 6.07 Å². The van der Waals surface area contributed by atoms with Gasteiger partial charge in [0.05, 0.1) is 5.69 Å². The van der Waals surface area contributed by atoms with Crippen molar-refractivity contribution in [3.8, 4) is 0 Å². The maximum atomic E-state index is 12.9. The van der Waals surface area contributed by atoms with Gasteiger partial charge in [0, 0.05) is 28.9 Å². The van der Waals surface area contributed by atoms with Crippen LogP contribution in [0.2, 0.25) is 0 Å². The number of carbonyl (C=O) groups excluding carboxylic acids is 2. The fourth-order valence-electron chi connectivity index (χ4n) is 3.48. The molecule has 2 aromatic heterocycles. The summed E-state index contributed by atoms with van der Waals surface area (Å²) in [5.41, 5.74) is 12.1. The van der Waals surface area contributed by atoms with Gasteiger partial charge in [0.25, 0.3) is 11.8 Å². The van der Waals surface area contributed by atoms with Gasteiger partial charge < -0.3 is 26.7 Å². The van der Waals surface area contributed by atoms with Crippen LogP contribution in [0, 0.1) is 0 Å². The molecule has 2 atom stereocenters. The molecule has 1 unspecified atom stereocenters. The molecule has 0 saturated carbocycles. The van der Waals surface area contributed by atoms with Crippen LogP contribution in [0.3, 0.4) is 0 Å². The lowest BCUT2D eigenvalue weighted by atomic mass is 10.0. The second-order valence-corrected chi connectivity index (χ2v) is 8.89. The summed E-state index contributed by atoms with van der Waals surface area (Å²) < 4.78 is 5.68. The highest BCUT2D eigenvalue weighted by molar-refractivity contribution is 8.00. The van der Waals surface area contributed by atoms with Crippen LogP contribution in [-0.2, 0) is 25.8 Å². The van der Waals surface area contributed by atoms with Crippen molar-refractivity contribution in [2.24, 2.45) is 5.16 Å². The minimum absolute atomic E-state index is 0.0376. The van der Waals surface area contributed by atoms with Crippen molar-refractivity contribution in [1.82, 2.24) is 19.6 Å². The Kier molecular flexibility index (Phi) is 6.15. The van der Waals surface area contributed by atoms with Crippen LogP contribution in [-0.4, -0.2) is 67.1 Å². The Bertz CT molecular complexity index is 1200. The Morgan fingerprint density at radius 3 is 2.88 bits per heavy atom. The fraction of sp³-hybridized carbons (Fsp3) is 0.278. The molecule has 0 spiro atoms. The van der Waals surface area contributed by atoms with Crippen molar-refractivity contribution in [1.29, 1.82) is 0 Å². The molecule has 2 amide bonds. The maximum absolute atomic E-state index is 12.9. The number of aromatic nitrogens is 3. The molecule has 172 valence electrons. The highest BCUT2D eigenvalue weighted by atomic mass is 32.2. The van der Waals surface area contributed by atoms with Gasteiger partial charge in [0.1, 0.15) is 24.2 Å². The summed E-state index contributed by atoms with van der Waals surface area (Å²) in [6.07, 6.45) is 3.44. The van der Waals surface area contributed by atoms with Crippen molar-refractivity contribution in [2.45, 2.75) is 18.0 Å². The lowest BCUT2D eigenvalue weighted by molar-refractivity contribution is -0.688. The maximum Gasteiger partial charge on any atom is 0.352 e. The quantitative estimate of drug-likeness (QED) is 0.158. The zero-order valence-corrected chi connectivity index (χ0v) is 18.8. The summed E-state index contributed by atoms with van der Waals surface area (Å²) in [7, 11) is 1.25. The van der Waals surface area contributed by atoms with Crippen molar-refractivity contribution < 1.29 is 28.9 Å². The summed E-state index contributed by atoms with van der Waals surface area (Å²) >= 11 is 2.23. The molecule has 6 N–H and O–H groups in total. The number of thioether (sulfide) groups is 1. The number of rotatable bonds is 7. The minimum Gasteiger partial charge on any atom is -0.477 e. The first-order chi connectivity index (χ1) is 15.8. The third kappa shape index (κ3) is 4.31. The number of anilines is 2. The summed E-state index contributed by atoms with van der Waals surface area (Å²) in [6.45, 7) is 0.259. The van der Waals surface area contributed by atoms with Gasteiger partial charge in [-0.25, -0.2) is 4.79 Å². The predicted molar refractivity (Wildman–Crippen MR) is 119 cm³/mol. The molecular weight excluding hydrogens is 472 g/mol. The van der Waals surface area contributed by atoms with Crippen molar-refractivity contribution >= 4 is 57.6 Å². The highest BCUT2D eigenvalue weighted by Crippen LogP contribution is 2.40. The number of hydrogen-bond donors (Lipinski definition) is 4. The van der Waals surface area contributed by atoms with E-state index in [2.05, 4.69) is 19.8 Å². The smallest absolute Gasteiger partial charge is 0.352 e. The molecule has 2 aliphatic rings. The van der Waals surface area contributed by atoms with E-state index in [-0.39, 0.29) is 28.9 Å². The number of hydrogen-bond acceptors (Lipinski definition) is 11. The molecule has 0 aliphatic carbocycles. The van der Waals surface area contributed by atoms with Crippen molar-refractivity contribution in [3.05, 3.63) is 41.6 Å². The SMILES string of the molecule is CON=C(C(=O)NC1C(=O)N2C(C(=O)O)=C(C[n+]3cccc(N)c3)CS[C@H]12)c1nsc(N)n1. The van der Waals surface area contributed by atoms with E-state index < -0.39 is 29.2 Å². The third-order valence-corrected chi connectivity index (χ3v) is 6.72. The summed E-state index contributed by atoms with van der Waals surface area (Å²) in [4.78, 5) is 47.4. The van der Waals surface area contributed by atoms with E-state index in [1.54, 1.807) is 29.1 Å². The van der Waals surface area contributed by atoms with Crippen LogP contribution in [0.25, 0.3) is 0 Å². The van der Waals surface area contributed by atoms with Crippen LogP contribution in [0.15, 0.2) is 41.0 Å². The fourth-order valence-corrected chi connectivity index (χ4v) is 5.25. The summed E-state index contributed by atoms with van der Waals surface area (Å²) in [5, 5.41) is 15.6. The highest BCUT2D eigenvalue weighted by Gasteiger charge is 2.54. The lowest BCUT2D eigenvalue weighted by Gasteiger charge is -2.49. The average Bonchev–Trinajstić information content (AvgIpc) is 3.21. The van der Waals surface area contributed by atoms with E-state index in [0.29, 0.717) is 17.0 Å². The first kappa shape index (κ1) is 22.5. The molecular formula is C18H19N8O5S2+. The number of pyridine rings is 1. The van der Waals surface area contributed by atoms with Gasteiger partial charge in [-0.1, -0.05) is 5.16 Å². The van der Waals surface area contributed by atoms with Crippen LogP contribution in [0.5, 0.6) is 0 Å². The van der Waals surface area contributed by atoms with Gasteiger partial charge in [-0.2, -0.15) is 13.9 Å². The largest absolute Gasteiger partial charge is 0.477 e. The summed E-state index contributed by atoms with van der Waals surface area (Å²) in [5.74, 6) is -2.19. The van der Waals surface area contributed by atoms with E-state index in [9.17, 15) is 19.5 Å². The molecule has 2 aromatic rings. The predicted octanol–water partition coefficient (Wildman–Crippen LogP) is -1.22. The number of nitrogens with two attached hydrogens (primary N) is 2. The molecule has 33 heavy (non-hydrogen) atoms. The van der Waals surface area contributed by atoms with Gasteiger partial charge >= 0.3 is 5.97 Å². The van der Waals surface area contributed by atoms with Gasteiger partial charge in [-0.15, -0.1) is 11.8 Å². The average molecular weight is 492 g/mol. The first-order valence-electron chi connectivity index (χ1n) is 9.46. The Morgan fingerprint density at radius 1 is 1.45 bits per heavy atom. The zero-order chi connectivity index (χ0) is 23.7. The number of nitrogens with one attached hydrogen (secondary N) is 1. The second kappa shape index (κ2) is 9.03. The van der Waals surface area contributed by atoms with E-state index in [4.69, 9.17) is 16.3 Å². The Labute approximate surface area is 195 Å². The monoisotopic (exact) mass is 491 g/mol. The standard InChI is InChI=1S/C18H18N8O5S2/c1-31-23-10(13-22-18(20)33-24-13)14(27)21-11-15(28)26-12(17(29)30)8(7-32-16(11)26)5-25-4-2-3-9(19)6-25/h2-4,6,11,16H,5,7,19H2,1H3,(H3-,20,21,22,24,27,29,30)/p+1/t11?,16-/m1/s1. The lowest BCUT2D eigenvalue weighted by Crippen LogP contribution is -2.71. The normalized spacial score (nSPS) is 20.2. The number of carbonyl (C=O) groups is 3. The van der Waals surface area contributed by atoms with E-state index in [1.165, 1.54) is 23.8 Å². The zero-order valence-electron chi connectivity index (χ0n) is 17.2. The molecule has 15 heteroatoms. The van der Waals surface area contributed by atoms with Gasteiger partial charge in [-0.3, -0.25) is 14.5 Å². The van der Waals surface area contributed by atoms with Crippen LogP contribution in [0.4, 0.5) is 10.8 Å². The molecule has 4 heterocycles. The third-order valence-electron chi connectivity index (χ3n) is 4.84. The Balaban J connectivity index is 1.54. The van der Waals surface area contributed by atoms with E-state index in [1.807, 2.05) is 0 Å². The van der Waals surface area contributed by atoms with Gasteiger partial charge in [0.2, 0.25) is 11.5 Å². The number of aliphatic carboxylic acids is 1. The van der Waals surface area contributed by atoms with E-state index in [0.717, 1.165) is 11.5 Å². The molecule has 0 bridgehead atoms. The Morgan fingerprint density at radius 2 is 2.24 bits per heavy atom. The number of oxime groups is 1. The molecule has 1 saturated heterocycles. The van der Waals surface area contributed by atoms with Crippen molar-refractivity contribution in [3.63, 3.8) is 0 Å². The molecule has 0 radical (unpaired) electrons. The molecule has 2 aliphatic heterocycles. The number of carboxylic acid groups (broad SMARTS) is 1. The second-order valence-electron chi connectivity index (χ2n) is 7.01. The number of fused-ring (bicyclic) bond motifs is 1. The number of nitrogens with zero attached hydrogens (tertiary/aromatic N) is 5. The Hall–Kier alpha value is -3.72. The van der Waals surface area contributed by atoms with Crippen LogP contribution >= 0.6 is 23.3 Å². The topological polar surface area (TPSA) is 190 Å². The number of amides is 2. The molecule has 0 aromatic carbocycles. The molecule has 1 fully saturated rings. The summed E-state index contributed by atoms with van der Waals surface area (Å²) in [6, 6.07) is 2.52. The van der Waals surface area contributed by atoms with Crippen LogP contribution < -0.4 is 21.4 Å². The number of β-lactam (4-membered cyclic amide) rings is 1.